The van der Waals surface area contributed by atoms with Crippen molar-refractivity contribution >= 4 is 21.8 Å². The number of hydrogen-bond donors (Lipinski definition) is 1. The summed E-state index contributed by atoms with van der Waals surface area (Å²) in [5.41, 5.74) is 1.28. The van der Waals surface area contributed by atoms with Gasteiger partial charge in [-0.05, 0) is 43.7 Å². The van der Waals surface area contributed by atoms with E-state index in [1.54, 1.807) is 31.2 Å². The zero-order valence-corrected chi connectivity index (χ0v) is 13.8. The van der Waals surface area contributed by atoms with Crippen molar-refractivity contribution in [2.45, 2.75) is 25.2 Å². The summed E-state index contributed by atoms with van der Waals surface area (Å²) >= 11 is 0. The monoisotopic (exact) mass is 334 g/mol. The first-order valence-corrected chi connectivity index (χ1v) is 8.60. The third kappa shape index (κ3) is 4.79. The van der Waals surface area contributed by atoms with Crippen LogP contribution in [0.5, 0.6) is 0 Å². The molecule has 0 radical (unpaired) electrons. The number of nitrogens with one attached hydrogen (secondary N) is 1. The Bertz CT molecular complexity index is 803. The molecule has 0 unspecified atom stereocenters. The number of anilines is 1. The predicted octanol–water partition coefficient (Wildman–Crippen LogP) is 2.30. The molecule has 1 aromatic heterocycles. The molecule has 0 spiro atoms. The average Bonchev–Trinajstić information content (AvgIpc) is 2.47. The van der Waals surface area contributed by atoms with Crippen molar-refractivity contribution in [2.24, 2.45) is 0 Å². The van der Waals surface area contributed by atoms with Gasteiger partial charge in [0.2, 0.25) is 0 Å². The molecule has 7 heteroatoms. The average molecular weight is 334 g/mol. The molecule has 122 valence electrons. The molecule has 0 aliphatic rings. The summed E-state index contributed by atoms with van der Waals surface area (Å²) < 4.78 is 32.0. The number of nitrogens with zero attached hydrogens (tertiary/aromatic N) is 1. The molecular weight excluding hydrogens is 316 g/mol. The van der Waals surface area contributed by atoms with E-state index in [2.05, 4.69) is 9.71 Å². The van der Waals surface area contributed by atoms with Gasteiger partial charge in [-0.3, -0.25) is 9.52 Å². The molecule has 0 saturated heterocycles. The van der Waals surface area contributed by atoms with Crippen molar-refractivity contribution in [3.8, 4) is 0 Å². The molecule has 0 aliphatic heterocycles. The van der Waals surface area contributed by atoms with Gasteiger partial charge in [-0.2, -0.15) is 0 Å². The van der Waals surface area contributed by atoms with Crippen molar-refractivity contribution in [1.29, 1.82) is 0 Å². The largest absolute Gasteiger partial charge is 0.466 e. The minimum absolute atomic E-state index is 0.00610. The Labute approximate surface area is 135 Å². The number of esters is 1. The van der Waals surface area contributed by atoms with Crippen molar-refractivity contribution in [3.05, 3.63) is 53.7 Å². The molecule has 2 rings (SSSR count). The van der Waals surface area contributed by atoms with Crippen LogP contribution >= 0.6 is 0 Å². The lowest BCUT2D eigenvalue weighted by molar-refractivity contribution is -0.142. The Morgan fingerprint density at radius 2 is 1.96 bits per heavy atom. The Morgan fingerprint density at radius 1 is 1.22 bits per heavy atom. The normalized spacial score (nSPS) is 11.0. The van der Waals surface area contributed by atoms with Crippen LogP contribution in [0.4, 0.5) is 5.82 Å². The van der Waals surface area contributed by atoms with Gasteiger partial charge >= 0.3 is 5.97 Å². The summed E-state index contributed by atoms with van der Waals surface area (Å²) in [6, 6.07) is 11.4. The van der Waals surface area contributed by atoms with Gasteiger partial charge < -0.3 is 4.74 Å². The number of ether oxygens (including phenoxy) is 1. The highest BCUT2D eigenvalue weighted by molar-refractivity contribution is 7.92. The minimum Gasteiger partial charge on any atom is -0.466 e. The quantitative estimate of drug-likeness (QED) is 0.819. The summed E-state index contributed by atoms with van der Waals surface area (Å²) in [5, 5.41) is 0. The number of hydrogen-bond acceptors (Lipinski definition) is 5. The molecule has 0 amide bonds. The fourth-order valence-electron chi connectivity index (χ4n) is 1.97. The summed E-state index contributed by atoms with van der Waals surface area (Å²) in [7, 11) is -3.72. The molecule has 0 fully saturated rings. The van der Waals surface area contributed by atoms with Gasteiger partial charge in [0.05, 0.1) is 23.6 Å². The maximum atomic E-state index is 12.3. The highest BCUT2D eigenvalue weighted by Crippen LogP contribution is 2.16. The number of carbonyl (C=O) groups is 1. The second kappa shape index (κ2) is 7.23. The van der Waals surface area contributed by atoms with Gasteiger partial charge in [-0.1, -0.05) is 18.2 Å². The highest BCUT2D eigenvalue weighted by Gasteiger charge is 2.15. The first-order valence-electron chi connectivity index (χ1n) is 7.12. The van der Waals surface area contributed by atoms with E-state index in [0.29, 0.717) is 12.3 Å². The van der Waals surface area contributed by atoms with Crippen molar-refractivity contribution < 1.29 is 17.9 Å². The van der Waals surface area contributed by atoms with Crippen LogP contribution in [0.1, 0.15) is 18.2 Å². The maximum absolute atomic E-state index is 12.3. The van der Waals surface area contributed by atoms with Crippen LogP contribution in [0.2, 0.25) is 0 Å². The second-order valence-corrected chi connectivity index (χ2v) is 6.60. The van der Waals surface area contributed by atoms with E-state index in [1.165, 1.54) is 12.1 Å². The van der Waals surface area contributed by atoms with Gasteiger partial charge in [0.15, 0.2) is 0 Å². The zero-order chi connectivity index (χ0) is 16.9. The van der Waals surface area contributed by atoms with E-state index in [4.69, 9.17) is 4.74 Å². The number of pyridine rings is 1. The predicted molar refractivity (Wildman–Crippen MR) is 86.6 cm³/mol. The summed E-state index contributed by atoms with van der Waals surface area (Å²) in [5.74, 6) is -0.244. The number of sulfonamides is 1. The number of carbonyl (C=O) groups excluding carboxylic acids is 1. The Morgan fingerprint density at radius 3 is 2.65 bits per heavy atom. The first kappa shape index (κ1) is 17.0. The lowest BCUT2D eigenvalue weighted by Gasteiger charge is -2.09. The van der Waals surface area contributed by atoms with Gasteiger partial charge in [-0.25, -0.2) is 13.4 Å². The Balaban J connectivity index is 2.18. The second-order valence-electron chi connectivity index (χ2n) is 4.92. The van der Waals surface area contributed by atoms with Gasteiger partial charge in [-0.15, -0.1) is 0 Å². The molecule has 1 N–H and O–H groups in total. The van der Waals surface area contributed by atoms with Crippen molar-refractivity contribution in [1.82, 2.24) is 4.98 Å². The van der Waals surface area contributed by atoms with Crippen molar-refractivity contribution in [2.75, 3.05) is 11.3 Å². The van der Waals surface area contributed by atoms with Crippen LogP contribution in [0.3, 0.4) is 0 Å². The molecule has 0 saturated carbocycles. The molecule has 1 aromatic carbocycles. The summed E-state index contributed by atoms with van der Waals surface area (Å²) in [6.45, 7) is 3.83. The van der Waals surface area contributed by atoms with E-state index >= 15 is 0 Å². The van der Waals surface area contributed by atoms with Crippen LogP contribution in [0, 0.1) is 6.92 Å². The Kier molecular flexibility index (Phi) is 5.33. The zero-order valence-electron chi connectivity index (χ0n) is 12.9. The molecule has 0 bridgehead atoms. The van der Waals surface area contributed by atoms with E-state index in [1.807, 2.05) is 13.0 Å². The van der Waals surface area contributed by atoms with E-state index < -0.39 is 16.0 Å². The summed E-state index contributed by atoms with van der Waals surface area (Å²) in [4.78, 5) is 15.8. The fourth-order valence-corrected chi connectivity index (χ4v) is 3.08. The van der Waals surface area contributed by atoms with Gasteiger partial charge in [0.1, 0.15) is 5.82 Å². The van der Waals surface area contributed by atoms with E-state index in [0.717, 1.165) is 5.56 Å². The topological polar surface area (TPSA) is 85.4 Å². The van der Waals surface area contributed by atoms with Gasteiger partial charge in [0.25, 0.3) is 10.0 Å². The smallest absolute Gasteiger partial charge is 0.311 e. The van der Waals surface area contributed by atoms with Crippen molar-refractivity contribution in [3.63, 3.8) is 0 Å². The third-order valence-electron chi connectivity index (χ3n) is 2.98. The van der Waals surface area contributed by atoms with Crippen LogP contribution < -0.4 is 4.72 Å². The standard InChI is InChI=1S/C16H18N2O4S/c1-3-22-16(19)11-13-7-5-9-15(17-13)18-23(20,21)14-8-4-6-12(2)10-14/h4-10H,3,11H2,1-2H3,(H,17,18). The molecule has 6 nitrogen and oxygen atoms in total. The number of benzene rings is 1. The van der Waals surface area contributed by atoms with Crippen LogP contribution in [-0.4, -0.2) is 26.0 Å². The number of aromatic nitrogens is 1. The number of aryl methyl sites for hydroxylation is 1. The third-order valence-corrected chi connectivity index (χ3v) is 4.33. The molecule has 0 aliphatic carbocycles. The lowest BCUT2D eigenvalue weighted by atomic mass is 10.2. The fraction of sp³-hybridized carbons (Fsp3) is 0.250. The Hall–Kier alpha value is -2.41. The maximum Gasteiger partial charge on any atom is 0.311 e. The highest BCUT2D eigenvalue weighted by atomic mass is 32.2. The molecule has 1 heterocycles. The van der Waals surface area contributed by atoms with E-state index in [-0.39, 0.29) is 17.1 Å². The number of rotatable bonds is 6. The molecule has 0 atom stereocenters. The summed E-state index contributed by atoms with van der Waals surface area (Å²) in [6.07, 6.45) is -0.00610. The first-order chi connectivity index (χ1) is 10.9. The minimum atomic E-state index is -3.72. The van der Waals surface area contributed by atoms with Crippen LogP contribution in [0.25, 0.3) is 0 Å². The molecule has 23 heavy (non-hydrogen) atoms. The van der Waals surface area contributed by atoms with Crippen LogP contribution in [-0.2, 0) is 26.0 Å². The SMILES string of the molecule is CCOC(=O)Cc1cccc(NS(=O)(=O)c2cccc(C)c2)n1. The molecule has 2 aromatic rings. The van der Waals surface area contributed by atoms with Crippen LogP contribution in [0.15, 0.2) is 47.4 Å². The lowest BCUT2D eigenvalue weighted by Crippen LogP contribution is -2.15. The molecular formula is C16H18N2O4S. The van der Waals surface area contributed by atoms with Gasteiger partial charge in [0, 0.05) is 0 Å². The van der Waals surface area contributed by atoms with E-state index in [9.17, 15) is 13.2 Å².